The predicted octanol–water partition coefficient (Wildman–Crippen LogP) is 1.21. The fraction of sp³-hybridized carbons (Fsp3) is 0.417. The van der Waals surface area contributed by atoms with Crippen molar-refractivity contribution in [1.29, 1.82) is 0 Å². The summed E-state index contributed by atoms with van der Waals surface area (Å²) in [5.41, 5.74) is 0.617. The molecule has 6 nitrogen and oxygen atoms in total. The molecule has 2 N–H and O–H groups in total. The molecule has 20 heavy (non-hydrogen) atoms. The van der Waals surface area contributed by atoms with E-state index in [1.54, 1.807) is 0 Å². The first-order valence-corrected chi connectivity index (χ1v) is 6.00. The highest BCUT2D eigenvalue weighted by Crippen LogP contribution is 2.25. The molecule has 1 amide bonds. The lowest BCUT2D eigenvalue weighted by Gasteiger charge is -2.11. The first-order chi connectivity index (χ1) is 9.37. The predicted molar refractivity (Wildman–Crippen MR) is 66.3 cm³/mol. The molecule has 0 bridgehead atoms. The van der Waals surface area contributed by atoms with Crippen molar-refractivity contribution in [2.24, 2.45) is 0 Å². The Kier molecular flexibility index (Phi) is 3.93. The van der Waals surface area contributed by atoms with Gasteiger partial charge < -0.3 is 5.32 Å². The number of rotatable bonds is 4. The number of alkyl halides is 2. The van der Waals surface area contributed by atoms with Crippen molar-refractivity contribution in [3.63, 3.8) is 0 Å². The van der Waals surface area contributed by atoms with Crippen molar-refractivity contribution in [1.82, 2.24) is 10.6 Å². The smallest absolute Gasteiger partial charge is 0.269 e. The molecule has 1 unspecified atom stereocenters. The van der Waals surface area contributed by atoms with Crippen LogP contribution in [0, 0.1) is 10.1 Å². The number of nitrogens with one attached hydrogen (secondary N) is 2. The van der Waals surface area contributed by atoms with Gasteiger partial charge in [-0.1, -0.05) is 12.1 Å². The summed E-state index contributed by atoms with van der Waals surface area (Å²) < 4.78 is 25.9. The van der Waals surface area contributed by atoms with E-state index in [4.69, 9.17) is 0 Å². The number of nitrogens with zero attached hydrogens (tertiary/aromatic N) is 1. The molecule has 1 aromatic carbocycles. The minimum absolute atomic E-state index is 0.0443. The molecule has 1 aliphatic heterocycles. The first-order valence-electron chi connectivity index (χ1n) is 6.00. The minimum atomic E-state index is -2.85. The average Bonchev–Trinajstić information content (AvgIpc) is 2.77. The summed E-state index contributed by atoms with van der Waals surface area (Å²) in [7, 11) is 0. The monoisotopic (exact) mass is 285 g/mol. The standard InChI is InChI=1S/C12H13F2N3O3/c13-12(14)5-10(16-7-12)11(18)15-6-8-1-3-9(4-2-8)17(19)20/h1-4,10,16H,5-7H2,(H,15,18). The number of nitro benzene ring substituents is 1. The Labute approximate surface area is 113 Å². The number of benzene rings is 1. The fourth-order valence-corrected chi connectivity index (χ4v) is 1.95. The molecule has 1 heterocycles. The third-order valence-electron chi connectivity index (χ3n) is 3.04. The zero-order chi connectivity index (χ0) is 14.8. The van der Waals surface area contributed by atoms with Crippen molar-refractivity contribution in [2.45, 2.75) is 24.9 Å². The second-order valence-corrected chi connectivity index (χ2v) is 4.63. The first kappa shape index (κ1) is 14.3. The second-order valence-electron chi connectivity index (χ2n) is 4.63. The largest absolute Gasteiger partial charge is 0.351 e. The third kappa shape index (κ3) is 3.47. The van der Waals surface area contributed by atoms with Gasteiger partial charge in [-0.25, -0.2) is 8.78 Å². The lowest BCUT2D eigenvalue weighted by atomic mass is 10.1. The maximum Gasteiger partial charge on any atom is 0.269 e. The van der Waals surface area contributed by atoms with Crippen LogP contribution in [0.5, 0.6) is 0 Å². The summed E-state index contributed by atoms with van der Waals surface area (Å²) in [6.45, 7) is -0.358. The zero-order valence-corrected chi connectivity index (χ0v) is 10.4. The van der Waals surface area contributed by atoms with E-state index in [0.29, 0.717) is 5.56 Å². The van der Waals surface area contributed by atoms with Gasteiger partial charge in [-0.2, -0.15) is 0 Å². The van der Waals surface area contributed by atoms with Gasteiger partial charge in [0, 0.05) is 25.1 Å². The van der Waals surface area contributed by atoms with Crippen molar-refractivity contribution in [2.75, 3.05) is 6.54 Å². The van der Waals surface area contributed by atoms with Crippen molar-refractivity contribution in [3.05, 3.63) is 39.9 Å². The van der Waals surface area contributed by atoms with Crippen LogP contribution >= 0.6 is 0 Å². The normalized spacial score (nSPS) is 20.6. The highest BCUT2D eigenvalue weighted by Gasteiger charge is 2.42. The number of nitro groups is 1. The van der Waals surface area contributed by atoms with Crippen LogP contribution in [0.2, 0.25) is 0 Å². The summed E-state index contributed by atoms with van der Waals surface area (Å²) in [6.07, 6.45) is -0.515. The summed E-state index contributed by atoms with van der Waals surface area (Å²) in [6, 6.07) is 4.76. The Morgan fingerprint density at radius 2 is 2.10 bits per heavy atom. The van der Waals surface area contributed by atoms with E-state index in [2.05, 4.69) is 10.6 Å². The highest BCUT2D eigenvalue weighted by atomic mass is 19.3. The number of amides is 1. The maximum atomic E-state index is 12.9. The van der Waals surface area contributed by atoms with Gasteiger partial charge >= 0.3 is 0 Å². The van der Waals surface area contributed by atoms with Gasteiger partial charge in [-0.05, 0) is 5.56 Å². The molecule has 0 aromatic heterocycles. The summed E-state index contributed by atoms with van der Waals surface area (Å²) in [5.74, 6) is -3.35. The molecule has 1 aromatic rings. The number of non-ortho nitro benzene ring substituents is 1. The van der Waals surface area contributed by atoms with Crippen LogP contribution in [0.1, 0.15) is 12.0 Å². The van der Waals surface area contributed by atoms with Crippen LogP contribution in [-0.4, -0.2) is 29.3 Å². The van der Waals surface area contributed by atoms with Gasteiger partial charge in [-0.3, -0.25) is 20.2 Å². The van der Waals surface area contributed by atoms with Gasteiger partial charge in [0.25, 0.3) is 11.6 Å². The molecule has 0 saturated carbocycles. The van der Waals surface area contributed by atoms with Gasteiger partial charge in [0.15, 0.2) is 0 Å². The van der Waals surface area contributed by atoms with E-state index >= 15 is 0 Å². The van der Waals surface area contributed by atoms with Crippen LogP contribution in [-0.2, 0) is 11.3 Å². The van der Waals surface area contributed by atoms with Crippen molar-refractivity contribution >= 4 is 11.6 Å². The van der Waals surface area contributed by atoms with E-state index < -0.39 is 35.8 Å². The molecular weight excluding hydrogens is 272 g/mol. The molecule has 1 saturated heterocycles. The molecule has 8 heteroatoms. The minimum Gasteiger partial charge on any atom is -0.351 e. The number of carbonyl (C=O) groups is 1. The molecule has 2 rings (SSSR count). The molecule has 0 spiro atoms. The zero-order valence-electron chi connectivity index (χ0n) is 10.4. The van der Waals surface area contributed by atoms with Gasteiger partial charge in [0.1, 0.15) is 0 Å². The van der Waals surface area contributed by atoms with Crippen LogP contribution in [0.4, 0.5) is 14.5 Å². The average molecular weight is 285 g/mol. The van der Waals surface area contributed by atoms with Gasteiger partial charge in [-0.15, -0.1) is 0 Å². The van der Waals surface area contributed by atoms with Crippen LogP contribution in [0.15, 0.2) is 24.3 Å². The molecular formula is C12H13F2N3O3. The molecule has 1 fully saturated rings. The molecule has 1 atom stereocenters. The van der Waals surface area contributed by atoms with Crippen LogP contribution in [0.3, 0.4) is 0 Å². The Morgan fingerprint density at radius 3 is 2.60 bits per heavy atom. The Morgan fingerprint density at radius 1 is 1.45 bits per heavy atom. The van der Waals surface area contributed by atoms with E-state index in [1.165, 1.54) is 24.3 Å². The van der Waals surface area contributed by atoms with E-state index in [0.717, 1.165) is 0 Å². The lowest BCUT2D eigenvalue weighted by molar-refractivity contribution is -0.384. The SMILES string of the molecule is O=C(NCc1ccc([N+](=O)[O-])cc1)C1CC(F)(F)CN1. The summed E-state index contributed by atoms with van der Waals surface area (Å²) in [4.78, 5) is 21.6. The van der Waals surface area contributed by atoms with Crippen molar-refractivity contribution in [3.8, 4) is 0 Å². The quantitative estimate of drug-likeness (QED) is 0.643. The Bertz CT molecular complexity index is 519. The molecule has 108 valence electrons. The number of hydrogen-bond donors (Lipinski definition) is 2. The number of carbonyl (C=O) groups excluding carboxylic acids is 1. The topological polar surface area (TPSA) is 84.3 Å². The van der Waals surface area contributed by atoms with Crippen molar-refractivity contribution < 1.29 is 18.5 Å². The molecule has 0 aliphatic carbocycles. The Balaban J connectivity index is 1.86. The van der Waals surface area contributed by atoms with E-state index in [-0.39, 0.29) is 12.2 Å². The second kappa shape index (κ2) is 5.49. The number of halogens is 2. The van der Waals surface area contributed by atoms with Gasteiger partial charge in [0.05, 0.1) is 17.5 Å². The van der Waals surface area contributed by atoms with Crippen LogP contribution in [0.25, 0.3) is 0 Å². The van der Waals surface area contributed by atoms with E-state index in [9.17, 15) is 23.7 Å². The third-order valence-corrected chi connectivity index (χ3v) is 3.04. The summed E-state index contributed by atoms with van der Waals surface area (Å²) >= 11 is 0. The fourth-order valence-electron chi connectivity index (χ4n) is 1.95. The Hall–Kier alpha value is -2.09. The summed E-state index contributed by atoms with van der Waals surface area (Å²) in [5, 5.41) is 15.4. The van der Waals surface area contributed by atoms with E-state index in [1.807, 2.05) is 0 Å². The molecule has 0 radical (unpaired) electrons. The highest BCUT2D eigenvalue weighted by molar-refractivity contribution is 5.82. The number of hydrogen-bond acceptors (Lipinski definition) is 4. The van der Waals surface area contributed by atoms with Crippen LogP contribution < -0.4 is 10.6 Å². The van der Waals surface area contributed by atoms with Gasteiger partial charge in [0.2, 0.25) is 5.91 Å². The molecule has 1 aliphatic rings. The maximum absolute atomic E-state index is 12.9. The lowest BCUT2D eigenvalue weighted by Crippen LogP contribution is -2.40.